The molecule has 94 valence electrons. The standard InChI is InChI=1S/C14H15NOS2/c1-12-7-6-8-13(11-12)17-15-18(2,16)14-9-4-3-5-10-14/h3-11H,1-2H3. The summed E-state index contributed by atoms with van der Waals surface area (Å²) in [6.07, 6.45) is 1.67. The molecule has 0 N–H and O–H groups in total. The Morgan fingerprint density at radius 3 is 2.44 bits per heavy atom. The molecule has 0 heterocycles. The van der Waals surface area contributed by atoms with Crippen LogP contribution < -0.4 is 0 Å². The lowest BCUT2D eigenvalue weighted by atomic mass is 10.2. The summed E-state index contributed by atoms with van der Waals surface area (Å²) < 4.78 is 16.7. The van der Waals surface area contributed by atoms with E-state index in [9.17, 15) is 4.21 Å². The zero-order chi connectivity index (χ0) is 13.0. The summed E-state index contributed by atoms with van der Waals surface area (Å²) in [5.74, 6) is 0. The Labute approximate surface area is 113 Å². The molecule has 0 spiro atoms. The molecule has 0 aliphatic carbocycles. The van der Waals surface area contributed by atoms with Crippen LogP contribution in [0.2, 0.25) is 0 Å². The predicted octanol–water partition coefficient (Wildman–Crippen LogP) is 4.16. The number of hydrogen-bond donors (Lipinski definition) is 0. The summed E-state index contributed by atoms with van der Waals surface area (Å²) >= 11 is 1.29. The van der Waals surface area contributed by atoms with E-state index in [2.05, 4.69) is 3.77 Å². The van der Waals surface area contributed by atoms with E-state index in [1.54, 1.807) is 6.26 Å². The zero-order valence-corrected chi connectivity index (χ0v) is 12.0. The summed E-state index contributed by atoms with van der Waals surface area (Å²) in [6.45, 7) is 2.03. The fourth-order valence-corrected chi connectivity index (χ4v) is 3.80. The highest BCUT2D eigenvalue weighted by atomic mass is 32.2. The second-order valence-electron chi connectivity index (χ2n) is 4.10. The van der Waals surface area contributed by atoms with E-state index < -0.39 is 9.73 Å². The Morgan fingerprint density at radius 1 is 1.06 bits per heavy atom. The van der Waals surface area contributed by atoms with Crippen molar-refractivity contribution in [1.82, 2.24) is 0 Å². The first kappa shape index (κ1) is 13.2. The first-order valence-electron chi connectivity index (χ1n) is 5.58. The Balaban J connectivity index is 2.26. The van der Waals surface area contributed by atoms with Crippen LogP contribution in [-0.4, -0.2) is 10.5 Å². The van der Waals surface area contributed by atoms with Gasteiger partial charge in [0.15, 0.2) is 0 Å². The Bertz CT molecular complexity index is 644. The van der Waals surface area contributed by atoms with Gasteiger partial charge in [-0.3, -0.25) is 0 Å². The Kier molecular flexibility index (Phi) is 4.09. The monoisotopic (exact) mass is 277 g/mol. The fourth-order valence-electron chi connectivity index (χ4n) is 1.50. The summed E-state index contributed by atoms with van der Waals surface area (Å²) in [7, 11) is -2.33. The van der Waals surface area contributed by atoms with Crippen LogP contribution in [0.15, 0.2) is 68.2 Å². The van der Waals surface area contributed by atoms with Crippen LogP contribution in [-0.2, 0) is 9.73 Å². The molecule has 0 aliphatic heterocycles. The second kappa shape index (κ2) is 5.59. The summed E-state index contributed by atoms with van der Waals surface area (Å²) in [5, 5.41) is 0. The van der Waals surface area contributed by atoms with E-state index in [1.807, 2.05) is 61.5 Å². The highest BCUT2D eigenvalue weighted by Gasteiger charge is 2.05. The lowest BCUT2D eigenvalue weighted by Gasteiger charge is -2.03. The number of hydrogen-bond acceptors (Lipinski definition) is 3. The third kappa shape index (κ3) is 3.37. The summed E-state index contributed by atoms with van der Waals surface area (Å²) in [5.41, 5.74) is 1.18. The number of benzene rings is 2. The molecular weight excluding hydrogens is 262 g/mol. The second-order valence-corrected chi connectivity index (χ2v) is 7.42. The van der Waals surface area contributed by atoms with E-state index >= 15 is 0 Å². The van der Waals surface area contributed by atoms with E-state index in [4.69, 9.17) is 0 Å². The molecule has 1 atom stereocenters. The molecule has 2 rings (SSSR count). The largest absolute Gasteiger partial charge is 0.244 e. The van der Waals surface area contributed by atoms with E-state index in [0.717, 1.165) is 9.79 Å². The first-order chi connectivity index (χ1) is 8.58. The van der Waals surface area contributed by atoms with E-state index in [-0.39, 0.29) is 0 Å². The van der Waals surface area contributed by atoms with Crippen LogP contribution in [0, 0.1) is 6.92 Å². The van der Waals surface area contributed by atoms with Crippen LogP contribution in [0.1, 0.15) is 5.56 Å². The lowest BCUT2D eigenvalue weighted by Crippen LogP contribution is -1.95. The van der Waals surface area contributed by atoms with Crippen molar-refractivity contribution in [3.63, 3.8) is 0 Å². The maximum absolute atomic E-state index is 12.5. The van der Waals surface area contributed by atoms with Gasteiger partial charge in [-0.25, -0.2) is 4.21 Å². The van der Waals surface area contributed by atoms with Gasteiger partial charge in [0.2, 0.25) is 0 Å². The van der Waals surface area contributed by atoms with Crippen LogP contribution in [0.4, 0.5) is 0 Å². The molecular formula is C14H15NOS2. The smallest absolute Gasteiger partial charge is 0.0836 e. The lowest BCUT2D eigenvalue weighted by molar-refractivity contribution is 0.681. The molecule has 18 heavy (non-hydrogen) atoms. The highest BCUT2D eigenvalue weighted by molar-refractivity contribution is 8.07. The maximum Gasteiger partial charge on any atom is 0.0836 e. The molecule has 0 aromatic heterocycles. The third-order valence-corrected chi connectivity index (χ3v) is 5.50. The Hall–Kier alpha value is -1.26. The third-order valence-electron chi connectivity index (χ3n) is 2.45. The van der Waals surface area contributed by atoms with Gasteiger partial charge in [-0.1, -0.05) is 30.3 Å². The Morgan fingerprint density at radius 2 is 1.78 bits per heavy atom. The summed E-state index contributed by atoms with van der Waals surface area (Å²) in [6, 6.07) is 17.4. The quantitative estimate of drug-likeness (QED) is 0.788. The van der Waals surface area contributed by atoms with Gasteiger partial charge in [-0.15, -0.1) is 0 Å². The van der Waals surface area contributed by atoms with Crippen molar-refractivity contribution in [1.29, 1.82) is 0 Å². The van der Waals surface area contributed by atoms with Crippen molar-refractivity contribution in [2.45, 2.75) is 16.7 Å². The number of nitrogens with zero attached hydrogens (tertiary/aromatic N) is 1. The van der Waals surface area contributed by atoms with Crippen LogP contribution >= 0.6 is 11.9 Å². The van der Waals surface area contributed by atoms with Gasteiger partial charge in [0.1, 0.15) is 0 Å². The van der Waals surface area contributed by atoms with Gasteiger partial charge in [-0.2, -0.15) is 3.77 Å². The molecule has 1 unspecified atom stereocenters. The van der Waals surface area contributed by atoms with Gasteiger partial charge in [-0.05, 0) is 36.8 Å². The van der Waals surface area contributed by atoms with Crippen molar-refractivity contribution >= 4 is 21.7 Å². The normalized spacial score (nSPS) is 13.9. The van der Waals surface area contributed by atoms with Crippen LogP contribution in [0.25, 0.3) is 0 Å². The number of aryl methyl sites for hydroxylation is 1. The van der Waals surface area contributed by atoms with Crippen molar-refractivity contribution < 1.29 is 4.21 Å². The molecule has 0 saturated heterocycles. The molecule has 0 fully saturated rings. The molecule has 0 saturated carbocycles. The molecule has 2 nitrogen and oxygen atoms in total. The van der Waals surface area contributed by atoms with Gasteiger partial charge in [0.25, 0.3) is 0 Å². The topological polar surface area (TPSA) is 29.4 Å². The summed E-state index contributed by atoms with van der Waals surface area (Å²) in [4.78, 5) is 1.78. The zero-order valence-electron chi connectivity index (χ0n) is 10.4. The van der Waals surface area contributed by atoms with Crippen molar-refractivity contribution in [2.75, 3.05) is 6.26 Å². The average molecular weight is 277 g/mol. The molecule has 4 heteroatoms. The van der Waals surface area contributed by atoms with Crippen LogP contribution in [0.5, 0.6) is 0 Å². The van der Waals surface area contributed by atoms with Crippen molar-refractivity contribution in [3.05, 3.63) is 60.2 Å². The van der Waals surface area contributed by atoms with E-state index in [0.29, 0.717) is 0 Å². The molecule has 0 bridgehead atoms. The minimum Gasteiger partial charge on any atom is -0.244 e. The van der Waals surface area contributed by atoms with Gasteiger partial charge in [0, 0.05) is 28.0 Å². The van der Waals surface area contributed by atoms with Crippen molar-refractivity contribution in [2.24, 2.45) is 3.77 Å². The molecule has 0 amide bonds. The number of rotatable bonds is 3. The van der Waals surface area contributed by atoms with Gasteiger partial charge >= 0.3 is 0 Å². The first-order valence-corrected chi connectivity index (χ1v) is 8.28. The maximum atomic E-state index is 12.5. The SMILES string of the molecule is Cc1cccc(SN=S(C)(=O)c2ccccc2)c1. The molecule has 0 radical (unpaired) electrons. The average Bonchev–Trinajstić information content (AvgIpc) is 2.38. The molecule has 2 aromatic rings. The molecule has 0 aliphatic rings. The fraction of sp³-hybridized carbons (Fsp3) is 0.143. The van der Waals surface area contributed by atoms with Crippen molar-refractivity contribution in [3.8, 4) is 0 Å². The minimum absolute atomic E-state index is 0.769. The van der Waals surface area contributed by atoms with Gasteiger partial charge in [0.05, 0.1) is 9.73 Å². The highest BCUT2D eigenvalue weighted by Crippen LogP contribution is 2.24. The van der Waals surface area contributed by atoms with Crippen LogP contribution in [0.3, 0.4) is 0 Å². The minimum atomic E-state index is -2.33. The van der Waals surface area contributed by atoms with Gasteiger partial charge < -0.3 is 0 Å². The predicted molar refractivity (Wildman–Crippen MR) is 78.2 cm³/mol. The van der Waals surface area contributed by atoms with E-state index in [1.165, 1.54) is 17.5 Å². The molecule has 2 aromatic carbocycles.